The van der Waals surface area contributed by atoms with Crippen molar-refractivity contribution in [2.45, 2.75) is 28.7 Å². The minimum atomic E-state index is -4.32. The number of amidine groups is 1. The van der Waals surface area contributed by atoms with Gasteiger partial charge in [0.25, 0.3) is 0 Å². The molecule has 0 saturated heterocycles. The number of hydrogen-bond acceptors (Lipinski definition) is 5. The van der Waals surface area contributed by atoms with Crippen LogP contribution in [0.15, 0.2) is 62.4 Å². The van der Waals surface area contributed by atoms with Crippen LogP contribution in [0.25, 0.3) is 0 Å². The maximum Gasteiger partial charge on any atom is 0.248 e. The van der Waals surface area contributed by atoms with Crippen molar-refractivity contribution in [3.63, 3.8) is 0 Å². The quantitative estimate of drug-likeness (QED) is 0.366. The van der Waals surface area contributed by atoms with E-state index >= 15 is 0 Å². The molecule has 0 spiro atoms. The second-order valence-electron chi connectivity index (χ2n) is 7.73. The third-order valence-electron chi connectivity index (χ3n) is 5.44. The van der Waals surface area contributed by atoms with E-state index in [1.54, 1.807) is 17.3 Å². The smallest absolute Gasteiger partial charge is 0.248 e. The molecule has 2 aliphatic heterocycles. The van der Waals surface area contributed by atoms with E-state index in [4.69, 9.17) is 16.6 Å². The van der Waals surface area contributed by atoms with Gasteiger partial charge in [-0.15, -0.1) is 0 Å². The predicted molar refractivity (Wildman–Crippen MR) is 133 cm³/mol. The first-order valence-corrected chi connectivity index (χ1v) is 13.2. The highest BCUT2D eigenvalue weighted by Crippen LogP contribution is 2.29. The van der Waals surface area contributed by atoms with E-state index in [1.165, 1.54) is 7.05 Å². The topological polar surface area (TPSA) is 77.7 Å². The Balaban J connectivity index is 1.47. The Morgan fingerprint density at radius 1 is 1.21 bits per heavy atom. The van der Waals surface area contributed by atoms with Crippen LogP contribution in [0.1, 0.15) is 18.4 Å². The summed E-state index contributed by atoms with van der Waals surface area (Å²) in [5, 5.41) is 6.70. The fourth-order valence-electron chi connectivity index (χ4n) is 3.69. The molecule has 2 heterocycles. The molecular formula is C22H21BrClF2N5O2S. The van der Waals surface area contributed by atoms with Crippen molar-refractivity contribution in [2.75, 3.05) is 20.1 Å². The Bertz CT molecular complexity index is 1270. The lowest BCUT2D eigenvalue weighted by Gasteiger charge is -2.30. The molecule has 7 nitrogen and oxygen atoms in total. The molecule has 4 rings (SSSR count). The van der Waals surface area contributed by atoms with E-state index in [-0.39, 0.29) is 24.1 Å². The summed E-state index contributed by atoms with van der Waals surface area (Å²) in [5.74, 6) is -1.57. The number of rotatable bonds is 7. The summed E-state index contributed by atoms with van der Waals surface area (Å²) in [7, 11) is -3.03. The van der Waals surface area contributed by atoms with Crippen LogP contribution < -0.4 is 0 Å². The van der Waals surface area contributed by atoms with Gasteiger partial charge in [-0.25, -0.2) is 26.5 Å². The molecule has 2 aliphatic rings. The van der Waals surface area contributed by atoms with Crippen LogP contribution in [0.2, 0.25) is 5.02 Å². The third-order valence-corrected chi connectivity index (χ3v) is 8.39. The molecule has 0 radical (unpaired) electrons. The van der Waals surface area contributed by atoms with Gasteiger partial charge in [0, 0.05) is 43.4 Å². The van der Waals surface area contributed by atoms with Gasteiger partial charge in [0.05, 0.1) is 10.5 Å². The minimum Gasteiger partial charge on any atom is -0.270 e. The maximum absolute atomic E-state index is 14.0. The molecule has 0 saturated carbocycles. The van der Waals surface area contributed by atoms with Gasteiger partial charge >= 0.3 is 0 Å². The summed E-state index contributed by atoms with van der Waals surface area (Å²) < 4.78 is 54.2. The van der Waals surface area contributed by atoms with Gasteiger partial charge in [-0.1, -0.05) is 51.8 Å². The van der Waals surface area contributed by atoms with Crippen molar-refractivity contribution in [3.05, 3.63) is 64.7 Å². The highest BCUT2D eigenvalue weighted by Gasteiger charge is 2.36. The van der Waals surface area contributed by atoms with Crippen LogP contribution in [0, 0.1) is 11.6 Å². The predicted octanol–water partition coefficient (Wildman–Crippen LogP) is 4.31. The molecule has 0 fully saturated rings. The van der Waals surface area contributed by atoms with Gasteiger partial charge in [-0.2, -0.15) is 5.10 Å². The molecule has 12 heteroatoms. The molecule has 2 aromatic rings. The summed E-state index contributed by atoms with van der Waals surface area (Å²) in [6.45, 7) is 0.322. The van der Waals surface area contributed by atoms with Crippen molar-refractivity contribution in [1.82, 2.24) is 9.31 Å². The fourth-order valence-corrected chi connectivity index (χ4v) is 5.69. The maximum atomic E-state index is 14.0. The normalized spacial score (nSPS) is 21.3. The molecule has 2 aromatic carbocycles. The average Bonchev–Trinajstić information content (AvgIpc) is 3.17. The van der Waals surface area contributed by atoms with Crippen molar-refractivity contribution >= 4 is 55.3 Å². The van der Waals surface area contributed by atoms with Crippen molar-refractivity contribution in [2.24, 2.45) is 15.1 Å². The summed E-state index contributed by atoms with van der Waals surface area (Å²) in [4.78, 5) is 8.39. The number of hydrogen-bond donors (Lipinski definition) is 0. The van der Waals surface area contributed by atoms with Gasteiger partial charge in [-0.05, 0) is 24.6 Å². The Hall–Kier alpha value is -2.21. The SMILES string of the molecule is CN(CCCN=C1CC(c2ccccc2Cl)=NC2C(Br)C=NN12)S(=O)(=O)c1c(F)cccc1F. The molecule has 0 bridgehead atoms. The summed E-state index contributed by atoms with van der Waals surface area (Å²) >= 11 is 9.93. The largest absolute Gasteiger partial charge is 0.270 e. The molecule has 0 N–H and O–H groups in total. The Morgan fingerprint density at radius 3 is 2.62 bits per heavy atom. The number of sulfonamides is 1. The standard InChI is InChI=1S/C22H21BrClF2N5O2S/c1-30(34(32,33)21-17(25)8-4-9-18(21)26)11-5-10-27-20-12-19(14-6-2-3-7-16(14)24)29-22-15(23)13-28-31(20)22/h2-4,6-9,13,15,22H,5,10-12H2,1H3. The van der Waals surface area contributed by atoms with Gasteiger partial charge in [0.1, 0.15) is 17.5 Å². The average molecular weight is 573 g/mol. The summed E-state index contributed by atoms with van der Waals surface area (Å²) in [6.07, 6.45) is 2.19. The lowest BCUT2D eigenvalue weighted by molar-refractivity contribution is 0.363. The Labute approximate surface area is 210 Å². The monoisotopic (exact) mass is 571 g/mol. The van der Waals surface area contributed by atoms with E-state index < -0.39 is 26.6 Å². The van der Waals surface area contributed by atoms with Crippen LogP contribution >= 0.6 is 27.5 Å². The highest BCUT2D eigenvalue weighted by molar-refractivity contribution is 9.10. The first-order valence-electron chi connectivity index (χ1n) is 10.4. The Morgan fingerprint density at radius 2 is 1.91 bits per heavy atom. The minimum absolute atomic E-state index is 0.0338. The van der Waals surface area contributed by atoms with E-state index in [0.29, 0.717) is 23.7 Å². The van der Waals surface area contributed by atoms with E-state index in [9.17, 15) is 17.2 Å². The molecule has 0 aliphatic carbocycles. The molecule has 2 unspecified atom stereocenters. The zero-order chi connectivity index (χ0) is 24.5. The van der Waals surface area contributed by atoms with E-state index in [1.807, 2.05) is 18.2 Å². The zero-order valence-corrected chi connectivity index (χ0v) is 21.2. The van der Waals surface area contributed by atoms with Crippen LogP contribution in [-0.4, -0.2) is 66.6 Å². The lowest BCUT2D eigenvalue weighted by Crippen LogP contribution is -2.42. The van der Waals surface area contributed by atoms with Crippen molar-refractivity contribution < 1.29 is 17.2 Å². The number of fused-ring (bicyclic) bond motifs is 1. The van der Waals surface area contributed by atoms with Crippen LogP contribution in [0.3, 0.4) is 0 Å². The van der Waals surface area contributed by atoms with Crippen molar-refractivity contribution in [3.8, 4) is 0 Å². The number of aliphatic imine (C=N–C) groups is 2. The van der Waals surface area contributed by atoms with E-state index in [2.05, 4.69) is 26.0 Å². The molecule has 180 valence electrons. The van der Waals surface area contributed by atoms with Gasteiger partial charge < -0.3 is 0 Å². The molecule has 0 amide bonds. The number of hydrazone groups is 1. The molecule has 2 atom stereocenters. The zero-order valence-electron chi connectivity index (χ0n) is 18.1. The number of benzene rings is 2. The van der Waals surface area contributed by atoms with Crippen LogP contribution in [-0.2, 0) is 10.0 Å². The molecule has 0 aromatic heterocycles. The lowest BCUT2D eigenvalue weighted by atomic mass is 10.0. The second kappa shape index (κ2) is 10.2. The van der Waals surface area contributed by atoms with Crippen molar-refractivity contribution in [1.29, 1.82) is 0 Å². The number of alkyl halides is 1. The number of nitrogens with zero attached hydrogens (tertiary/aromatic N) is 5. The first-order chi connectivity index (χ1) is 16.2. The highest BCUT2D eigenvalue weighted by atomic mass is 79.9. The second-order valence-corrected chi connectivity index (χ2v) is 11.2. The fraction of sp³-hybridized carbons (Fsp3) is 0.318. The summed E-state index contributed by atoms with van der Waals surface area (Å²) in [5.41, 5.74) is 1.61. The van der Waals surface area contributed by atoms with Gasteiger partial charge in [-0.3, -0.25) is 9.98 Å². The third kappa shape index (κ3) is 4.93. The van der Waals surface area contributed by atoms with Crippen LogP contribution in [0.5, 0.6) is 0 Å². The summed E-state index contributed by atoms with van der Waals surface area (Å²) in [6, 6.07) is 10.4. The van der Waals surface area contributed by atoms with Gasteiger partial charge in [0.2, 0.25) is 10.0 Å². The van der Waals surface area contributed by atoms with Crippen LogP contribution in [0.4, 0.5) is 8.78 Å². The molecule has 34 heavy (non-hydrogen) atoms. The Kier molecular flexibility index (Phi) is 7.46. The number of halogens is 4. The molecular weight excluding hydrogens is 552 g/mol. The van der Waals surface area contributed by atoms with Gasteiger partial charge in [0.15, 0.2) is 11.1 Å². The first kappa shape index (κ1) is 24.9. The van der Waals surface area contributed by atoms with E-state index in [0.717, 1.165) is 33.8 Å².